The van der Waals surface area contributed by atoms with E-state index in [0.717, 1.165) is 37.4 Å². The van der Waals surface area contributed by atoms with Crippen LogP contribution in [-0.4, -0.2) is 53.3 Å². The molecule has 9 heteroatoms. The lowest BCUT2D eigenvalue weighted by atomic mass is 10.1. The molecule has 2 aromatic carbocycles. The molecule has 0 aromatic heterocycles. The summed E-state index contributed by atoms with van der Waals surface area (Å²) in [6, 6.07) is 12.2. The summed E-state index contributed by atoms with van der Waals surface area (Å²) in [6.45, 7) is 6.10. The number of phenols is 1. The molecule has 1 heterocycles. The molecule has 0 radical (unpaired) electrons. The Hall–Kier alpha value is -3.75. The molecule has 1 amide bonds. The first kappa shape index (κ1) is 24.9. The molecule has 0 bridgehead atoms. The number of nitrogens with zero attached hydrogens (tertiary/aromatic N) is 1. The zero-order valence-electron chi connectivity index (χ0n) is 19.7. The number of nitrogen functional groups attached to an aromatic ring is 1. The highest BCUT2D eigenvalue weighted by Gasteiger charge is 2.20. The van der Waals surface area contributed by atoms with Crippen LogP contribution in [0.4, 0.5) is 11.4 Å². The van der Waals surface area contributed by atoms with Crippen molar-refractivity contribution in [2.75, 3.05) is 30.3 Å². The number of likely N-dealkylation sites (tertiary alicyclic amines) is 1. The van der Waals surface area contributed by atoms with E-state index in [1.165, 1.54) is 18.2 Å². The van der Waals surface area contributed by atoms with E-state index in [-0.39, 0.29) is 41.6 Å². The Kier molecular flexibility index (Phi) is 8.34. The van der Waals surface area contributed by atoms with Crippen LogP contribution in [0.1, 0.15) is 38.7 Å². The monoisotopic (exact) mass is 466 g/mol. The van der Waals surface area contributed by atoms with Crippen molar-refractivity contribution in [3.05, 3.63) is 48.0 Å². The van der Waals surface area contributed by atoms with Crippen molar-refractivity contribution in [1.82, 2.24) is 4.90 Å². The maximum Gasteiger partial charge on any atom is 0.224 e. The third-order valence-electron chi connectivity index (χ3n) is 5.84. The highest BCUT2D eigenvalue weighted by atomic mass is 16.5. The minimum atomic E-state index is -0.224. The number of phenolic OH excluding ortho intramolecular Hbond substituents is 1. The number of rotatable bonds is 9. The van der Waals surface area contributed by atoms with E-state index in [2.05, 4.69) is 15.5 Å². The number of aromatic hydroxyl groups is 1. The SMILES string of the molecule is CC(=N)N1CCC(Oc2ccc(NCC(C)CC(=O)Nc3cc(C(=N)N)ccc3O)cc2)CC1. The molecule has 182 valence electrons. The second-order valence-corrected chi connectivity index (χ2v) is 8.80. The van der Waals surface area contributed by atoms with Crippen LogP contribution >= 0.6 is 0 Å². The third kappa shape index (κ3) is 7.13. The topological polar surface area (TPSA) is 148 Å². The Morgan fingerprint density at radius 3 is 2.50 bits per heavy atom. The van der Waals surface area contributed by atoms with E-state index >= 15 is 0 Å². The number of anilines is 2. The third-order valence-corrected chi connectivity index (χ3v) is 5.84. The zero-order valence-corrected chi connectivity index (χ0v) is 19.7. The van der Waals surface area contributed by atoms with Gasteiger partial charge in [-0.2, -0.15) is 0 Å². The summed E-state index contributed by atoms with van der Waals surface area (Å²) >= 11 is 0. The Balaban J connectivity index is 1.42. The number of hydrogen-bond acceptors (Lipinski definition) is 6. The van der Waals surface area contributed by atoms with E-state index in [4.69, 9.17) is 21.3 Å². The summed E-state index contributed by atoms with van der Waals surface area (Å²) in [5.74, 6) is 1.07. The van der Waals surface area contributed by atoms with Crippen molar-refractivity contribution >= 4 is 29.0 Å². The Morgan fingerprint density at radius 2 is 1.88 bits per heavy atom. The van der Waals surface area contributed by atoms with Gasteiger partial charge in [0.15, 0.2) is 0 Å². The molecule has 1 unspecified atom stereocenters. The van der Waals surface area contributed by atoms with E-state index in [1.807, 2.05) is 38.1 Å². The standard InChI is InChI=1S/C25H34N6O3/c1-16(13-24(33)30-22-14-18(25(27)28)3-8-23(22)32)15-29-19-4-6-20(7-5-19)34-21-9-11-31(12-10-21)17(2)26/h3-8,14,16,21,26,29,32H,9-13,15H2,1-2H3,(H3,27,28)(H,30,33). The van der Waals surface area contributed by atoms with Gasteiger partial charge in [0.05, 0.1) is 11.5 Å². The van der Waals surface area contributed by atoms with Gasteiger partial charge in [-0.25, -0.2) is 0 Å². The highest BCUT2D eigenvalue weighted by Crippen LogP contribution is 2.25. The molecule has 0 spiro atoms. The van der Waals surface area contributed by atoms with Gasteiger partial charge in [-0.1, -0.05) is 6.92 Å². The number of ether oxygens (including phenoxy) is 1. The van der Waals surface area contributed by atoms with Gasteiger partial charge in [-0.05, 0) is 55.3 Å². The molecule has 1 aliphatic rings. The van der Waals surface area contributed by atoms with Crippen LogP contribution < -0.4 is 21.1 Å². The van der Waals surface area contributed by atoms with Gasteiger partial charge in [0.25, 0.3) is 0 Å². The summed E-state index contributed by atoms with van der Waals surface area (Å²) < 4.78 is 6.09. The number of benzene rings is 2. The number of hydrogen-bond donors (Lipinski definition) is 6. The second kappa shape index (κ2) is 11.4. The molecule has 2 aromatic rings. The van der Waals surface area contributed by atoms with Crippen molar-refractivity contribution in [3.63, 3.8) is 0 Å². The number of nitrogens with one attached hydrogen (secondary N) is 4. The van der Waals surface area contributed by atoms with Crippen LogP contribution in [-0.2, 0) is 4.79 Å². The molecule has 0 aliphatic carbocycles. The molecule has 1 fully saturated rings. The first-order valence-electron chi connectivity index (χ1n) is 11.5. The number of nitrogens with two attached hydrogens (primary N) is 1. The molecular formula is C25H34N6O3. The van der Waals surface area contributed by atoms with E-state index in [9.17, 15) is 9.90 Å². The molecular weight excluding hydrogens is 432 g/mol. The Bertz CT molecular complexity index is 1020. The maximum atomic E-state index is 12.4. The summed E-state index contributed by atoms with van der Waals surface area (Å²) in [5.41, 5.74) is 7.09. The van der Waals surface area contributed by atoms with E-state index in [0.29, 0.717) is 17.9 Å². The maximum absolute atomic E-state index is 12.4. The van der Waals surface area contributed by atoms with Crippen LogP contribution in [0, 0.1) is 16.7 Å². The predicted molar refractivity (Wildman–Crippen MR) is 135 cm³/mol. The fraction of sp³-hybridized carbons (Fsp3) is 0.400. The Labute approximate surface area is 200 Å². The lowest BCUT2D eigenvalue weighted by Gasteiger charge is -2.32. The summed E-state index contributed by atoms with van der Waals surface area (Å²) in [4.78, 5) is 14.5. The number of carbonyl (C=O) groups excluding carboxylic acids is 1. The molecule has 9 nitrogen and oxygen atoms in total. The van der Waals surface area contributed by atoms with Crippen molar-refractivity contribution < 1.29 is 14.6 Å². The van der Waals surface area contributed by atoms with Crippen LogP contribution in [0.3, 0.4) is 0 Å². The van der Waals surface area contributed by atoms with Crippen LogP contribution in [0.15, 0.2) is 42.5 Å². The van der Waals surface area contributed by atoms with E-state index in [1.54, 1.807) is 0 Å². The molecule has 1 aliphatic heterocycles. The van der Waals surface area contributed by atoms with Crippen molar-refractivity contribution in [1.29, 1.82) is 10.8 Å². The first-order valence-corrected chi connectivity index (χ1v) is 11.5. The summed E-state index contributed by atoms with van der Waals surface area (Å²) in [5, 5.41) is 31.2. The number of amides is 1. The van der Waals surface area contributed by atoms with Crippen LogP contribution in [0.25, 0.3) is 0 Å². The van der Waals surface area contributed by atoms with Gasteiger partial charge in [0, 0.05) is 50.1 Å². The number of amidine groups is 2. The summed E-state index contributed by atoms with van der Waals surface area (Å²) in [6.07, 6.45) is 2.26. The van der Waals surface area contributed by atoms with Crippen LogP contribution in [0.2, 0.25) is 0 Å². The molecule has 3 rings (SSSR count). The highest BCUT2D eigenvalue weighted by molar-refractivity contribution is 5.98. The largest absolute Gasteiger partial charge is 0.506 e. The van der Waals surface area contributed by atoms with Crippen molar-refractivity contribution in [2.24, 2.45) is 11.7 Å². The zero-order chi connectivity index (χ0) is 24.7. The van der Waals surface area contributed by atoms with Gasteiger partial charge in [0.1, 0.15) is 23.4 Å². The van der Waals surface area contributed by atoms with Gasteiger partial charge < -0.3 is 31.1 Å². The summed E-state index contributed by atoms with van der Waals surface area (Å²) in [7, 11) is 0. The molecule has 34 heavy (non-hydrogen) atoms. The quantitative estimate of drug-likeness (QED) is 0.189. The first-order chi connectivity index (χ1) is 16.2. The van der Waals surface area contributed by atoms with Crippen LogP contribution in [0.5, 0.6) is 11.5 Å². The lowest BCUT2D eigenvalue weighted by Crippen LogP contribution is -2.40. The average Bonchev–Trinajstić information content (AvgIpc) is 2.80. The van der Waals surface area contributed by atoms with Crippen molar-refractivity contribution in [3.8, 4) is 11.5 Å². The van der Waals surface area contributed by atoms with E-state index < -0.39 is 0 Å². The fourth-order valence-corrected chi connectivity index (χ4v) is 3.84. The van der Waals surface area contributed by atoms with Gasteiger partial charge >= 0.3 is 0 Å². The Morgan fingerprint density at radius 1 is 1.21 bits per heavy atom. The van der Waals surface area contributed by atoms with Gasteiger partial charge in [0.2, 0.25) is 5.91 Å². The number of carbonyl (C=O) groups is 1. The van der Waals surface area contributed by atoms with Gasteiger partial charge in [-0.3, -0.25) is 15.6 Å². The number of piperidine rings is 1. The minimum absolute atomic E-state index is 0.0524. The molecule has 1 atom stereocenters. The molecule has 7 N–H and O–H groups in total. The smallest absolute Gasteiger partial charge is 0.224 e. The predicted octanol–water partition coefficient (Wildman–Crippen LogP) is 3.59. The normalized spacial score (nSPS) is 14.8. The van der Waals surface area contributed by atoms with Crippen molar-refractivity contribution in [2.45, 2.75) is 39.2 Å². The average molecular weight is 467 g/mol. The molecule has 1 saturated heterocycles. The minimum Gasteiger partial charge on any atom is -0.506 e. The molecule has 0 saturated carbocycles. The lowest BCUT2D eigenvalue weighted by molar-refractivity contribution is -0.116. The van der Waals surface area contributed by atoms with Gasteiger partial charge in [-0.15, -0.1) is 0 Å². The fourth-order valence-electron chi connectivity index (χ4n) is 3.84. The second-order valence-electron chi connectivity index (χ2n) is 8.80.